The number of nitrogen functional groups attached to an aromatic ring is 1. The van der Waals surface area contributed by atoms with Crippen molar-refractivity contribution in [1.82, 2.24) is 0 Å². The van der Waals surface area contributed by atoms with E-state index in [0.717, 1.165) is 47.2 Å². The first-order valence-corrected chi connectivity index (χ1v) is 16.2. The van der Waals surface area contributed by atoms with Crippen LogP contribution in [0.5, 0.6) is 0 Å². The van der Waals surface area contributed by atoms with E-state index in [0.29, 0.717) is 24.6 Å². The fraction of sp³-hybridized carbons (Fsp3) is 0.486. The average molecular weight is 604 g/mol. The van der Waals surface area contributed by atoms with Gasteiger partial charge in [-0.25, -0.2) is 4.39 Å². The molecule has 8 heteroatoms. The molecule has 6 nitrogen and oxygen atoms in total. The summed E-state index contributed by atoms with van der Waals surface area (Å²) in [5.74, 6) is 0.0605. The van der Waals surface area contributed by atoms with Gasteiger partial charge in [0.05, 0.1) is 12.2 Å². The van der Waals surface area contributed by atoms with Crippen molar-refractivity contribution in [2.45, 2.75) is 70.1 Å². The third kappa shape index (κ3) is 4.31. The molecule has 7 rings (SSSR count). The van der Waals surface area contributed by atoms with Crippen LogP contribution >= 0.6 is 11.8 Å². The highest BCUT2D eigenvalue weighted by Gasteiger charge is 2.76. The van der Waals surface area contributed by atoms with Gasteiger partial charge in [0.1, 0.15) is 6.01 Å². The number of allylic oxidation sites excluding steroid dienone is 4. The summed E-state index contributed by atoms with van der Waals surface area (Å²) in [6, 6.07) is 15.0. The molecule has 3 N–H and O–H groups in total. The van der Waals surface area contributed by atoms with E-state index in [-0.39, 0.29) is 28.7 Å². The van der Waals surface area contributed by atoms with Crippen LogP contribution in [0.3, 0.4) is 0 Å². The number of aliphatic hydroxyl groups excluding tert-OH is 1. The number of aliphatic hydroxyl groups is 1. The van der Waals surface area contributed by atoms with Gasteiger partial charge >= 0.3 is 0 Å². The lowest BCUT2D eigenvalue weighted by Crippen LogP contribution is -2.62. The number of thioether (sulfide) groups is 1. The van der Waals surface area contributed by atoms with Crippen LogP contribution in [0.1, 0.15) is 62.5 Å². The molecule has 5 aliphatic rings. The Morgan fingerprint density at radius 1 is 1.16 bits per heavy atom. The summed E-state index contributed by atoms with van der Waals surface area (Å²) in [5, 5.41) is 11.5. The Hall–Kier alpha value is -2.78. The zero-order chi connectivity index (χ0) is 30.1. The number of alkyl halides is 1. The molecule has 0 unspecified atom stereocenters. The van der Waals surface area contributed by atoms with Crippen molar-refractivity contribution in [3.63, 3.8) is 0 Å². The van der Waals surface area contributed by atoms with E-state index < -0.39 is 40.9 Å². The number of ketones is 1. The van der Waals surface area contributed by atoms with E-state index in [9.17, 15) is 19.1 Å². The standard InChI is InChI=1S/C35H38FNO5S/c1-33-13-12-25(38)16-23(33)10-11-26-27-17-29-35(32(40)43-19-36,34(27,2)18-28(39)30(26)33)42-31(41-29)22-8-6-20(7-9-22)14-21-4-3-5-24(37)15-21/h3-9,12-13,15-16,26-31,39H,10-11,14,17-19,37H2,1-2H3/t26-,27-,28-,29+,30+,31+,33-,34-,35-/m0/s1. The number of carbonyl (C=O) groups excluding carboxylic acids is 2. The fourth-order valence-electron chi connectivity index (χ4n) is 9.45. The van der Waals surface area contributed by atoms with Crippen LogP contribution in [0.25, 0.3) is 0 Å². The van der Waals surface area contributed by atoms with Gasteiger partial charge in [0.2, 0.25) is 5.12 Å². The number of carbonyl (C=O) groups is 2. The minimum absolute atomic E-state index is 0.00473. The maximum Gasteiger partial charge on any atom is 0.226 e. The van der Waals surface area contributed by atoms with Crippen molar-refractivity contribution in [2.75, 3.05) is 11.7 Å². The van der Waals surface area contributed by atoms with Gasteiger partial charge in [-0.1, -0.05) is 73.7 Å². The van der Waals surface area contributed by atoms with Gasteiger partial charge in [-0.05, 0) is 79.4 Å². The number of halogens is 1. The number of benzene rings is 2. The van der Waals surface area contributed by atoms with Crippen molar-refractivity contribution >= 4 is 28.3 Å². The van der Waals surface area contributed by atoms with Crippen molar-refractivity contribution in [1.29, 1.82) is 0 Å². The maximum atomic E-state index is 13.9. The molecular weight excluding hydrogens is 565 g/mol. The van der Waals surface area contributed by atoms with E-state index in [1.807, 2.05) is 61.5 Å². The Bertz CT molecular complexity index is 1520. The van der Waals surface area contributed by atoms with Gasteiger partial charge in [-0.3, -0.25) is 9.59 Å². The second-order valence-electron chi connectivity index (χ2n) is 13.5. The SMILES string of the molecule is C[C@]12C=CC(=O)C=C1CC[C@@H]1[C@@H]2[C@@H](O)C[C@@]2(C)[C@H]1C[C@H]1O[C@@H](c3ccc(Cc4cccc(N)c4)cc3)O[C@]12C(=O)SCF. The lowest BCUT2D eigenvalue weighted by molar-refractivity contribution is -0.194. The summed E-state index contributed by atoms with van der Waals surface area (Å²) < 4.78 is 27.1. The smallest absolute Gasteiger partial charge is 0.226 e. The number of hydrogen-bond donors (Lipinski definition) is 2. The van der Waals surface area contributed by atoms with Crippen LogP contribution in [0.4, 0.5) is 10.1 Å². The summed E-state index contributed by atoms with van der Waals surface area (Å²) in [6.07, 6.45) is 6.55. The molecule has 2 aromatic rings. The molecule has 226 valence electrons. The van der Waals surface area contributed by atoms with Gasteiger partial charge in [-0.15, -0.1) is 0 Å². The maximum absolute atomic E-state index is 13.9. The summed E-state index contributed by atoms with van der Waals surface area (Å²) in [5.41, 5.74) is 8.24. The molecule has 43 heavy (non-hydrogen) atoms. The first kappa shape index (κ1) is 29.0. The zero-order valence-electron chi connectivity index (χ0n) is 24.5. The molecular formula is C35H38FNO5S. The quantitative estimate of drug-likeness (QED) is 0.399. The molecule has 1 saturated heterocycles. The second kappa shape index (κ2) is 10.4. The van der Waals surface area contributed by atoms with Crippen LogP contribution < -0.4 is 5.73 Å². The minimum atomic E-state index is -1.37. The van der Waals surface area contributed by atoms with Gasteiger partial charge < -0.3 is 20.3 Å². The number of rotatable bonds is 5. The minimum Gasteiger partial charge on any atom is -0.399 e. The Kier molecular flexibility index (Phi) is 7.00. The van der Waals surface area contributed by atoms with Gasteiger partial charge in [-0.2, -0.15) is 0 Å². The molecule has 4 aliphatic carbocycles. The average Bonchev–Trinajstić information content (AvgIpc) is 3.47. The van der Waals surface area contributed by atoms with Crippen LogP contribution in [0, 0.1) is 28.6 Å². The normalized spacial score (nSPS) is 39.4. The number of hydrogen-bond acceptors (Lipinski definition) is 7. The van der Waals surface area contributed by atoms with Gasteiger partial charge in [0, 0.05) is 28.0 Å². The topological polar surface area (TPSA) is 98.8 Å². The highest BCUT2D eigenvalue weighted by atomic mass is 32.2. The number of ether oxygens (including phenoxy) is 2. The number of fused-ring (bicyclic) bond motifs is 7. The summed E-state index contributed by atoms with van der Waals surface area (Å²) in [6.45, 7) is 4.17. The Balaban J connectivity index is 1.19. The first-order valence-electron chi connectivity index (χ1n) is 15.2. The second-order valence-corrected chi connectivity index (χ2v) is 14.3. The van der Waals surface area contributed by atoms with Gasteiger partial charge in [0.15, 0.2) is 17.7 Å². The predicted octanol–water partition coefficient (Wildman–Crippen LogP) is 6.09. The summed E-state index contributed by atoms with van der Waals surface area (Å²) >= 11 is 0.640. The molecule has 9 atom stereocenters. The number of anilines is 1. The van der Waals surface area contributed by atoms with E-state index in [4.69, 9.17) is 15.2 Å². The molecule has 1 aliphatic heterocycles. The Morgan fingerprint density at radius 2 is 1.95 bits per heavy atom. The predicted molar refractivity (Wildman–Crippen MR) is 163 cm³/mol. The van der Waals surface area contributed by atoms with Crippen LogP contribution in [0.2, 0.25) is 0 Å². The van der Waals surface area contributed by atoms with Gasteiger partial charge in [0.25, 0.3) is 0 Å². The number of nitrogens with two attached hydrogens (primary N) is 1. The van der Waals surface area contributed by atoms with E-state index in [1.54, 1.807) is 12.2 Å². The Morgan fingerprint density at radius 3 is 2.70 bits per heavy atom. The largest absolute Gasteiger partial charge is 0.399 e. The van der Waals surface area contributed by atoms with Crippen molar-refractivity contribution in [3.8, 4) is 0 Å². The van der Waals surface area contributed by atoms with Crippen LogP contribution in [0.15, 0.2) is 72.3 Å². The lowest BCUT2D eigenvalue weighted by atomic mass is 9.46. The first-order chi connectivity index (χ1) is 20.6. The molecule has 0 aromatic heterocycles. The van der Waals surface area contributed by atoms with Crippen molar-refractivity contribution < 1.29 is 28.6 Å². The van der Waals surface area contributed by atoms with Crippen molar-refractivity contribution in [2.24, 2.45) is 28.6 Å². The summed E-state index contributed by atoms with van der Waals surface area (Å²) in [4.78, 5) is 26.1. The highest BCUT2D eigenvalue weighted by Crippen LogP contribution is 2.71. The van der Waals surface area contributed by atoms with E-state index in [2.05, 4.69) is 6.92 Å². The molecule has 0 spiro atoms. The summed E-state index contributed by atoms with van der Waals surface area (Å²) in [7, 11) is 0. The van der Waals surface area contributed by atoms with Crippen LogP contribution in [-0.4, -0.2) is 39.8 Å². The fourth-order valence-corrected chi connectivity index (χ4v) is 10.2. The monoisotopic (exact) mass is 603 g/mol. The molecule has 3 saturated carbocycles. The molecule has 0 bridgehead atoms. The lowest BCUT2D eigenvalue weighted by Gasteiger charge is -2.59. The molecule has 1 heterocycles. The third-order valence-corrected chi connectivity index (χ3v) is 12.0. The third-order valence-electron chi connectivity index (χ3n) is 11.3. The van der Waals surface area contributed by atoms with E-state index in [1.165, 1.54) is 0 Å². The zero-order valence-corrected chi connectivity index (χ0v) is 25.3. The molecule has 4 fully saturated rings. The molecule has 0 amide bonds. The highest BCUT2D eigenvalue weighted by molar-refractivity contribution is 8.13. The Labute approximate surface area is 255 Å². The van der Waals surface area contributed by atoms with Crippen molar-refractivity contribution in [3.05, 3.63) is 89.0 Å². The molecule has 2 aromatic carbocycles. The van der Waals surface area contributed by atoms with Crippen LogP contribution in [-0.2, 0) is 25.5 Å². The molecule has 0 radical (unpaired) electrons. The van der Waals surface area contributed by atoms with E-state index >= 15 is 0 Å².